The Kier molecular flexibility index (Phi) is 5.17. The second kappa shape index (κ2) is 7.99. The molecule has 1 aliphatic carbocycles. The number of aryl methyl sites for hydroxylation is 2. The summed E-state index contributed by atoms with van der Waals surface area (Å²) in [5.74, 6) is -0.191. The summed E-state index contributed by atoms with van der Waals surface area (Å²) >= 11 is 0. The maximum Gasteiger partial charge on any atom is 0.278 e. The van der Waals surface area contributed by atoms with E-state index in [0.717, 1.165) is 55.3 Å². The normalized spacial score (nSPS) is 19.9. The van der Waals surface area contributed by atoms with Gasteiger partial charge in [0.2, 0.25) is 0 Å². The number of carbonyl (C=O) groups is 2. The van der Waals surface area contributed by atoms with Gasteiger partial charge in [0.15, 0.2) is 0 Å². The van der Waals surface area contributed by atoms with Gasteiger partial charge in [-0.05, 0) is 55.4 Å². The van der Waals surface area contributed by atoms with Crippen LogP contribution in [0.5, 0.6) is 0 Å². The Labute approximate surface area is 184 Å². The Bertz CT molecular complexity index is 1080. The SMILES string of the molecule is Cc1ccc(C2=C(N3CCc4ccccc4C3)C(=O)N(C3CCCCC3)C2=O)c(C)c1. The predicted molar refractivity (Wildman–Crippen MR) is 122 cm³/mol. The van der Waals surface area contributed by atoms with Crippen molar-refractivity contribution in [3.05, 3.63) is 76.0 Å². The third kappa shape index (κ3) is 3.48. The third-order valence-corrected chi connectivity index (χ3v) is 7.13. The molecule has 1 fully saturated rings. The maximum atomic E-state index is 13.8. The molecule has 2 heterocycles. The van der Waals surface area contributed by atoms with Gasteiger partial charge in [-0.15, -0.1) is 0 Å². The Morgan fingerprint density at radius 3 is 2.35 bits per heavy atom. The lowest BCUT2D eigenvalue weighted by atomic mass is 9.93. The molecule has 5 rings (SSSR count). The predicted octanol–water partition coefficient (Wildman–Crippen LogP) is 4.77. The molecule has 31 heavy (non-hydrogen) atoms. The van der Waals surface area contributed by atoms with E-state index >= 15 is 0 Å². The first-order valence-corrected chi connectivity index (χ1v) is 11.6. The van der Waals surface area contributed by atoms with Gasteiger partial charge in [-0.3, -0.25) is 14.5 Å². The fraction of sp³-hybridized carbons (Fsp3) is 0.407. The van der Waals surface area contributed by atoms with Crippen LogP contribution in [0.15, 0.2) is 48.2 Å². The molecule has 2 amide bonds. The molecule has 2 aromatic carbocycles. The summed E-state index contributed by atoms with van der Waals surface area (Å²) in [5, 5.41) is 0. The number of hydrogen-bond donors (Lipinski definition) is 0. The third-order valence-electron chi connectivity index (χ3n) is 7.13. The second-order valence-corrected chi connectivity index (χ2v) is 9.25. The monoisotopic (exact) mass is 414 g/mol. The summed E-state index contributed by atoms with van der Waals surface area (Å²) in [6, 6.07) is 14.6. The van der Waals surface area contributed by atoms with Crippen LogP contribution in [-0.2, 0) is 22.6 Å². The molecule has 1 saturated carbocycles. The minimum absolute atomic E-state index is 0.0316. The van der Waals surface area contributed by atoms with E-state index in [1.807, 2.05) is 19.1 Å². The average Bonchev–Trinajstić information content (AvgIpc) is 3.04. The van der Waals surface area contributed by atoms with Crippen molar-refractivity contribution < 1.29 is 9.59 Å². The fourth-order valence-corrected chi connectivity index (χ4v) is 5.52. The van der Waals surface area contributed by atoms with Crippen LogP contribution in [0.1, 0.15) is 59.9 Å². The Morgan fingerprint density at radius 1 is 0.871 bits per heavy atom. The van der Waals surface area contributed by atoms with Gasteiger partial charge in [-0.2, -0.15) is 0 Å². The van der Waals surface area contributed by atoms with Crippen LogP contribution in [-0.4, -0.2) is 34.2 Å². The van der Waals surface area contributed by atoms with Gasteiger partial charge in [0.25, 0.3) is 11.8 Å². The van der Waals surface area contributed by atoms with E-state index in [0.29, 0.717) is 17.8 Å². The number of fused-ring (bicyclic) bond motifs is 1. The molecule has 2 aliphatic heterocycles. The number of benzene rings is 2. The topological polar surface area (TPSA) is 40.6 Å². The fourth-order valence-electron chi connectivity index (χ4n) is 5.52. The Hall–Kier alpha value is -2.88. The highest BCUT2D eigenvalue weighted by atomic mass is 16.2. The van der Waals surface area contributed by atoms with Crippen LogP contribution in [0.2, 0.25) is 0 Å². The number of nitrogens with zero attached hydrogens (tertiary/aromatic N) is 2. The number of hydrogen-bond acceptors (Lipinski definition) is 3. The highest BCUT2D eigenvalue weighted by molar-refractivity contribution is 6.36. The van der Waals surface area contributed by atoms with E-state index in [4.69, 9.17) is 0 Å². The number of imide groups is 1. The van der Waals surface area contributed by atoms with E-state index in [1.165, 1.54) is 17.5 Å². The van der Waals surface area contributed by atoms with Crippen LogP contribution >= 0.6 is 0 Å². The van der Waals surface area contributed by atoms with Crippen molar-refractivity contribution in [2.75, 3.05) is 6.54 Å². The summed E-state index contributed by atoms with van der Waals surface area (Å²) in [4.78, 5) is 31.3. The maximum absolute atomic E-state index is 13.8. The van der Waals surface area contributed by atoms with Gasteiger partial charge in [0, 0.05) is 19.1 Å². The highest BCUT2D eigenvalue weighted by Crippen LogP contribution is 2.38. The molecule has 0 saturated heterocycles. The first-order valence-electron chi connectivity index (χ1n) is 11.6. The molecular weight excluding hydrogens is 384 g/mol. The molecule has 0 unspecified atom stereocenters. The van der Waals surface area contributed by atoms with Crippen molar-refractivity contribution in [2.24, 2.45) is 0 Å². The van der Waals surface area contributed by atoms with Crippen LogP contribution in [0.3, 0.4) is 0 Å². The summed E-state index contributed by atoms with van der Waals surface area (Å²) in [6.07, 6.45) is 6.12. The first-order chi connectivity index (χ1) is 15.0. The molecule has 2 aromatic rings. The summed E-state index contributed by atoms with van der Waals surface area (Å²) < 4.78 is 0. The van der Waals surface area contributed by atoms with E-state index in [-0.39, 0.29) is 17.9 Å². The lowest BCUT2D eigenvalue weighted by Gasteiger charge is -2.33. The first kappa shape index (κ1) is 20.0. The zero-order valence-corrected chi connectivity index (χ0v) is 18.5. The van der Waals surface area contributed by atoms with E-state index in [9.17, 15) is 9.59 Å². The second-order valence-electron chi connectivity index (χ2n) is 9.25. The lowest BCUT2D eigenvalue weighted by Crippen LogP contribution is -2.44. The molecule has 0 atom stereocenters. The molecular formula is C27H30N2O2. The van der Waals surface area contributed by atoms with Crippen LogP contribution in [0.25, 0.3) is 5.57 Å². The molecule has 4 heteroatoms. The van der Waals surface area contributed by atoms with Gasteiger partial charge in [-0.1, -0.05) is 67.3 Å². The lowest BCUT2D eigenvalue weighted by molar-refractivity contribution is -0.141. The summed E-state index contributed by atoms with van der Waals surface area (Å²) in [6.45, 7) is 5.54. The summed E-state index contributed by atoms with van der Waals surface area (Å²) in [7, 11) is 0. The van der Waals surface area contributed by atoms with Crippen LogP contribution < -0.4 is 0 Å². The Morgan fingerprint density at radius 2 is 1.61 bits per heavy atom. The van der Waals surface area contributed by atoms with Crippen molar-refractivity contribution in [1.82, 2.24) is 9.80 Å². The van der Waals surface area contributed by atoms with E-state index < -0.39 is 0 Å². The standard InChI is InChI=1S/C27H30N2O2/c1-18-12-13-23(19(2)16-18)24-25(28-15-14-20-8-6-7-9-21(20)17-28)27(31)29(26(24)30)22-10-4-3-5-11-22/h6-9,12-13,16,22H,3-5,10-11,14-15,17H2,1-2H3. The number of amides is 2. The van der Waals surface area contributed by atoms with E-state index in [2.05, 4.69) is 42.2 Å². The quantitative estimate of drug-likeness (QED) is 0.679. The molecule has 0 radical (unpaired) electrons. The van der Waals surface area contributed by atoms with Crippen LogP contribution in [0.4, 0.5) is 0 Å². The van der Waals surface area contributed by atoms with Crippen LogP contribution in [0, 0.1) is 13.8 Å². The van der Waals surface area contributed by atoms with Crippen molar-refractivity contribution in [2.45, 2.75) is 65.0 Å². The van der Waals surface area contributed by atoms with Gasteiger partial charge in [0.1, 0.15) is 5.70 Å². The molecule has 0 N–H and O–H groups in total. The molecule has 0 spiro atoms. The largest absolute Gasteiger partial charge is 0.362 e. The molecule has 4 nitrogen and oxygen atoms in total. The van der Waals surface area contributed by atoms with Gasteiger partial charge >= 0.3 is 0 Å². The zero-order chi connectivity index (χ0) is 21.5. The summed E-state index contributed by atoms with van der Waals surface area (Å²) in [5.41, 5.74) is 6.92. The minimum Gasteiger partial charge on any atom is -0.362 e. The van der Waals surface area contributed by atoms with E-state index in [1.54, 1.807) is 4.90 Å². The highest BCUT2D eigenvalue weighted by Gasteiger charge is 2.45. The average molecular weight is 415 g/mol. The van der Waals surface area contributed by atoms with Crippen molar-refractivity contribution in [3.8, 4) is 0 Å². The Balaban J connectivity index is 1.60. The number of carbonyl (C=O) groups excluding carboxylic acids is 2. The zero-order valence-electron chi connectivity index (χ0n) is 18.5. The molecule has 0 aromatic heterocycles. The minimum atomic E-state index is -0.0993. The number of rotatable bonds is 3. The molecule has 160 valence electrons. The van der Waals surface area contributed by atoms with Crippen molar-refractivity contribution in [3.63, 3.8) is 0 Å². The van der Waals surface area contributed by atoms with Crippen molar-refractivity contribution in [1.29, 1.82) is 0 Å². The molecule has 3 aliphatic rings. The van der Waals surface area contributed by atoms with Gasteiger partial charge in [0.05, 0.1) is 5.57 Å². The van der Waals surface area contributed by atoms with Gasteiger partial charge in [-0.25, -0.2) is 0 Å². The smallest absolute Gasteiger partial charge is 0.278 e. The van der Waals surface area contributed by atoms with Crippen molar-refractivity contribution >= 4 is 17.4 Å². The van der Waals surface area contributed by atoms with Gasteiger partial charge < -0.3 is 4.90 Å². The molecule has 0 bridgehead atoms.